The van der Waals surface area contributed by atoms with Crippen LogP contribution in [0.2, 0.25) is 0 Å². The van der Waals surface area contributed by atoms with Crippen LogP contribution in [0.3, 0.4) is 0 Å². The molecule has 164 valence electrons. The van der Waals surface area contributed by atoms with Crippen LogP contribution in [0.5, 0.6) is 0 Å². The summed E-state index contributed by atoms with van der Waals surface area (Å²) in [5, 5.41) is 0. The third-order valence-electron chi connectivity index (χ3n) is 4.68. The third kappa shape index (κ3) is 26.1. The van der Waals surface area contributed by atoms with Gasteiger partial charge in [-0.3, -0.25) is 0 Å². The van der Waals surface area contributed by atoms with Crippen molar-refractivity contribution in [1.82, 2.24) is 0 Å². The van der Waals surface area contributed by atoms with E-state index < -0.39 is 12.6 Å². The van der Waals surface area contributed by atoms with E-state index >= 15 is 0 Å². The van der Waals surface area contributed by atoms with E-state index in [1.807, 2.05) is 11.8 Å². The summed E-state index contributed by atoms with van der Waals surface area (Å²) in [7, 11) is 0. The van der Waals surface area contributed by atoms with Crippen molar-refractivity contribution in [2.24, 2.45) is 0 Å². The molecule has 0 spiro atoms. The molecule has 5 heteroatoms. The van der Waals surface area contributed by atoms with Gasteiger partial charge in [-0.2, -0.15) is 24.9 Å². The molecule has 27 heavy (non-hydrogen) atoms. The molecule has 0 aliphatic heterocycles. The molecule has 0 radical (unpaired) electrons. The normalized spacial score (nSPS) is 12.2. The van der Waals surface area contributed by atoms with Crippen molar-refractivity contribution in [3.8, 4) is 0 Å². The van der Waals surface area contributed by atoms with Gasteiger partial charge in [-0.25, -0.2) is 0 Å². The molecule has 0 unspecified atom stereocenters. The predicted molar refractivity (Wildman–Crippen MR) is 114 cm³/mol. The highest BCUT2D eigenvalue weighted by Crippen LogP contribution is 2.23. The second-order valence-electron chi connectivity index (χ2n) is 7.85. The Hall–Kier alpha value is 0.100. The average Bonchev–Trinajstić information content (AvgIpc) is 2.58. The standard InChI is InChI=1S/C22H43F3OS/c1-21(2)26-18-20-27-19-16-14-12-10-8-6-4-3-5-7-9-11-13-15-17-22(23,24)25/h21H,3-20H2,1-2H3. The lowest BCUT2D eigenvalue weighted by Gasteiger charge is -2.07. The first-order valence-electron chi connectivity index (χ1n) is 11.2. The van der Waals surface area contributed by atoms with Gasteiger partial charge in [-0.1, -0.05) is 77.0 Å². The molecule has 0 aliphatic carbocycles. The van der Waals surface area contributed by atoms with Crippen molar-refractivity contribution in [3.63, 3.8) is 0 Å². The first-order valence-corrected chi connectivity index (χ1v) is 12.3. The SMILES string of the molecule is CC(C)OCCSCCCCCCCCCCCCCCCCC(F)(F)F. The van der Waals surface area contributed by atoms with Crippen LogP contribution < -0.4 is 0 Å². The Bertz CT molecular complexity index is 296. The maximum Gasteiger partial charge on any atom is 0.389 e. The quantitative estimate of drug-likeness (QED) is 0.185. The van der Waals surface area contributed by atoms with Crippen LogP contribution >= 0.6 is 11.8 Å². The molecule has 1 nitrogen and oxygen atoms in total. The zero-order valence-electron chi connectivity index (χ0n) is 17.8. The number of thioether (sulfide) groups is 1. The molecule has 0 amide bonds. The van der Waals surface area contributed by atoms with Crippen LogP contribution in [-0.4, -0.2) is 30.4 Å². The van der Waals surface area contributed by atoms with Gasteiger partial charge in [0.2, 0.25) is 0 Å². The Morgan fingerprint density at radius 1 is 0.630 bits per heavy atom. The predicted octanol–water partition coefficient (Wildman–Crippen LogP) is 8.56. The molecule has 0 rings (SSSR count). The molecule has 0 aromatic rings. The van der Waals surface area contributed by atoms with Gasteiger partial charge in [0.25, 0.3) is 0 Å². The van der Waals surface area contributed by atoms with Crippen molar-refractivity contribution < 1.29 is 17.9 Å². The van der Waals surface area contributed by atoms with Crippen molar-refractivity contribution >= 4 is 11.8 Å². The number of hydrogen-bond donors (Lipinski definition) is 0. The molecule has 0 aromatic heterocycles. The smallest absolute Gasteiger partial charge is 0.378 e. The first-order chi connectivity index (χ1) is 12.9. The van der Waals surface area contributed by atoms with Crippen molar-refractivity contribution in [1.29, 1.82) is 0 Å². The summed E-state index contributed by atoms with van der Waals surface area (Å²) in [5.74, 6) is 2.38. The minimum atomic E-state index is -3.97. The second-order valence-corrected chi connectivity index (χ2v) is 9.07. The topological polar surface area (TPSA) is 9.23 Å². The van der Waals surface area contributed by atoms with Gasteiger partial charge in [0.1, 0.15) is 0 Å². The fourth-order valence-electron chi connectivity index (χ4n) is 3.10. The van der Waals surface area contributed by atoms with Crippen molar-refractivity contribution in [2.45, 2.75) is 122 Å². The van der Waals surface area contributed by atoms with Crippen molar-refractivity contribution in [3.05, 3.63) is 0 Å². The van der Waals surface area contributed by atoms with E-state index in [0.29, 0.717) is 12.5 Å². The fourth-order valence-corrected chi connectivity index (χ4v) is 3.92. The van der Waals surface area contributed by atoms with Crippen LogP contribution in [0.25, 0.3) is 0 Å². The van der Waals surface area contributed by atoms with Crippen LogP contribution in [-0.2, 0) is 4.74 Å². The van der Waals surface area contributed by atoms with E-state index in [9.17, 15) is 13.2 Å². The molecular formula is C22H43F3OS. The Labute approximate surface area is 170 Å². The van der Waals surface area contributed by atoms with Gasteiger partial charge in [0, 0.05) is 12.2 Å². The number of rotatable bonds is 20. The molecule has 0 fully saturated rings. The molecule has 0 atom stereocenters. The van der Waals surface area contributed by atoms with Gasteiger partial charge < -0.3 is 4.74 Å². The molecular weight excluding hydrogens is 369 g/mol. The minimum Gasteiger partial charge on any atom is -0.378 e. The number of unbranched alkanes of at least 4 members (excludes halogenated alkanes) is 13. The van der Waals surface area contributed by atoms with Gasteiger partial charge in [0.05, 0.1) is 12.7 Å². The Morgan fingerprint density at radius 2 is 1.04 bits per heavy atom. The highest BCUT2D eigenvalue weighted by molar-refractivity contribution is 7.99. The summed E-state index contributed by atoms with van der Waals surface area (Å²) < 4.78 is 41.5. The van der Waals surface area contributed by atoms with E-state index in [1.165, 1.54) is 70.0 Å². The molecule has 0 saturated carbocycles. The summed E-state index contributed by atoms with van der Waals surface area (Å²) in [6.07, 6.45) is 12.0. The Kier molecular flexibility index (Phi) is 19.5. The van der Waals surface area contributed by atoms with Gasteiger partial charge in [-0.15, -0.1) is 0 Å². The lowest BCUT2D eigenvalue weighted by Crippen LogP contribution is -2.06. The minimum absolute atomic E-state index is 0.300. The summed E-state index contributed by atoms with van der Waals surface area (Å²) >= 11 is 2.01. The van der Waals surface area contributed by atoms with E-state index in [2.05, 4.69) is 13.8 Å². The Balaban J connectivity index is 3.03. The van der Waals surface area contributed by atoms with Gasteiger partial charge in [-0.05, 0) is 32.4 Å². The summed E-state index contributed by atoms with van der Waals surface area (Å²) in [5.41, 5.74) is 0. The largest absolute Gasteiger partial charge is 0.389 e. The number of alkyl halides is 3. The molecule has 0 aliphatic rings. The molecule has 0 heterocycles. The monoisotopic (exact) mass is 412 g/mol. The highest BCUT2D eigenvalue weighted by Gasteiger charge is 2.25. The Morgan fingerprint density at radius 3 is 1.44 bits per heavy atom. The zero-order valence-corrected chi connectivity index (χ0v) is 18.6. The molecule has 0 bridgehead atoms. The lowest BCUT2D eigenvalue weighted by atomic mass is 10.0. The average molecular weight is 413 g/mol. The first kappa shape index (κ1) is 27.1. The number of halogens is 3. The second kappa shape index (κ2) is 19.4. The summed E-state index contributed by atoms with van der Waals surface area (Å²) in [6, 6.07) is 0. The summed E-state index contributed by atoms with van der Waals surface area (Å²) in [6.45, 7) is 5.04. The third-order valence-corrected chi connectivity index (χ3v) is 5.71. The van der Waals surface area contributed by atoms with Gasteiger partial charge >= 0.3 is 6.18 Å². The summed E-state index contributed by atoms with van der Waals surface area (Å²) in [4.78, 5) is 0. The lowest BCUT2D eigenvalue weighted by molar-refractivity contribution is -0.135. The van der Waals surface area contributed by atoms with E-state index in [1.54, 1.807) is 0 Å². The van der Waals surface area contributed by atoms with Crippen LogP contribution in [0, 0.1) is 0 Å². The maximum atomic E-state index is 12.0. The van der Waals surface area contributed by atoms with E-state index in [0.717, 1.165) is 31.6 Å². The van der Waals surface area contributed by atoms with E-state index in [-0.39, 0.29) is 0 Å². The molecule has 0 aromatic carbocycles. The highest BCUT2D eigenvalue weighted by atomic mass is 32.2. The number of hydrogen-bond acceptors (Lipinski definition) is 2. The zero-order chi connectivity index (χ0) is 20.2. The molecule has 0 saturated heterocycles. The fraction of sp³-hybridized carbons (Fsp3) is 1.00. The number of ether oxygens (including phenoxy) is 1. The van der Waals surface area contributed by atoms with Crippen LogP contribution in [0.15, 0.2) is 0 Å². The van der Waals surface area contributed by atoms with E-state index in [4.69, 9.17) is 4.74 Å². The van der Waals surface area contributed by atoms with Crippen LogP contribution in [0.1, 0.15) is 110 Å². The maximum absolute atomic E-state index is 12.0. The molecule has 0 N–H and O–H groups in total. The van der Waals surface area contributed by atoms with Crippen molar-refractivity contribution in [2.75, 3.05) is 18.1 Å². The van der Waals surface area contributed by atoms with Crippen LogP contribution in [0.4, 0.5) is 13.2 Å². The van der Waals surface area contributed by atoms with Gasteiger partial charge in [0.15, 0.2) is 0 Å².